The van der Waals surface area contributed by atoms with Gasteiger partial charge in [0.2, 0.25) is 0 Å². The van der Waals surface area contributed by atoms with Crippen LogP contribution in [-0.4, -0.2) is 51.9 Å². The molecule has 4 heteroatoms. The minimum absolute atomic E-state index is 0.414. The number of benzene rings is 1. The van der Waals surface area contributed by atoms with E-state index in [1.165, 1.54) is 12.8 Å². The molecule has 0 heterocycles. The first-order valence-corrected chi connectivity index (χ1v) is 7.32. The molecule has 1 aromatic carbocycles. The fraction of sp³-hybridized carbons (Fsp3) is 0.625. The first-order chi connectivity index (χ1) is 9.69. The second kappa shape index (κ2) is 7.50. The lowest BCUT2D eigenvalue weighted by Crippen LogP contribution is -2.27. The monoisotopic (exact) mass is 278 g/mol. The van der Waals surface area contributed by atoms with E-state index in [2.05, 4.69) is 22.3 Å². The van der Waals surface area contributed by atoms with E-state index >= 15 is 0 Å². The fourth-order valence-electron chi connectivity index (χ4n) is 2.21. The van der Waals surface area contributed by atoms with Crippen LogP contribution in [0.1, 0.15) is 12.8 Å². The van der Waals surface area contributed by atoms with Crippen LogP contribution in [0.2, 0.25) is 0 Å². The van der Waals surface area contributed by atoms with E-state index in [0.717, 1.165) is 30.5 Å². The van der Waals surface area contributed by atoms with E-state index in [9.17, 15) is 0 Å². The third-order valence-electron chi connectivity index (χ3n) is 3.53. The summed E-state index contributed by atoms with van der Waals surface area (Å²) in [5, 5.41) is 3.57. The lowest BCUT2D eigenvalue weighted by atomic mass is 10.2. The van der Waals surface area contributed by atoms with E-state index in [0.29, 0.717) is 12.6 Å². The Morgan fingerprint density at radius 1 is 1.35 bits per heavy atom. The minimum Gasteiger partial charge on any atom is -0.492 e. The lowest BCUT2D eigenvalue weighted by Gasteiger charge is -2.19. The average molecular weight is 278 g/mol. The highest BCUT2D eigenvalue weighted by molar-refractivity contribution is 5.49. The van der Waals surface area contributed by atoms with Crippen molar-refractivity contribution in [1.29, 1.82) is 0 Å². The Balaban J connectivity index is 1.87. The summed E-state index contributed by atoms with van der Waals surface area (Å²) in [5.41, 5.74) is 1.11. The van der Waals surface area contributed by atoms with Gasteiger partial charge in [-0.15, -0.1) is 0 Å². The summed E-state index contributed by atoms with van der Waals surface area (Å²) in [6, 6.07) is 8.61. The number of hydrogen-bond donors (Lipinski definition) is 1. The van der Waals surface area contributed by atoms with Gasteiger partial charge >= 0.3 is 0 Å². The largest absolute Gasteiger partial charge is 0.492 e. The van der Waals surface area contributed by atoms with Crippen molar-refractivity contribution >= 4 is 5.69 Å². The maximum absolute atomic E-state index is 5.76. The molecule has 1 atom stereocenters. The Labute approximate surface area is 122 Å². The van der Waals surface area contributed by atoms with Crippen molar-refractivity contribution in [2.24, 2.45) is 5.92 Å². The van der Waals surface area contributed by atoms with Crippen molar-refractivity contribution in [3.63, 3.8) is 0 Å². The smallest absolute Gasteiger partial charge is 0.121 e. The molecule has 1 unspecified atom stereocenters. The number of hydrogen-bond acceptors (Lipinski definition) is 4. The molecule has 0 aromatic heterocycles. The molecule has 0 amide bonds. The van der Waals surface area contributed by atoms with Crippen molar-refractivity contribution in [2.75, 3.05) is 46.3 Å². The van der Waals surface area contributed by atoms with Gasteiger partial charge in [-0.05, 0) is 45.0 Å². The predicted octanol–water partition coefficient (Wildman–Crippen LogP) is 2.46. The lowest BCUT2D eigenvalue weighted by molar-refractivity contribution is 0.179. The van der Waals surface area contributed by atoms with Crippen LogP contribution in [0, 0.1) is 5.92 Å². The third-order valence-corrected chi connectivity index (χ3v) is 3.53. The Hall–Kier alpha value is -1.26. The molecule has 0 radical (unpaired) electrons. The van der Waals surface area contributed by atoms with Gasteiger partial charge in [0.25, 0.3) is 0 Å². The molecule has 0 saturated heterocycles. The first kappa shape index (κ1) is 15.1. The summed E-state index contributed by atoms with van der Waals surface area (Å²) >= 11 is 0. The van der Waals surface area contributed by atoms with E-state index in [-0.39, 0.29) is 0 Å². The quantitative estimate of drug-likeness (QED) is 0.752. The molecule has 20 heavy (non-hydrogen) atoms. The van der Waals surface area contributed by atoms with Crippen LogP contribution in [-0.2, 0) is 4.74 Å². The zero-order chi connectivity index (χ0) is 14.4. The molecule has 1 fully saturated rings. The van der Waals surface area contributed by atoms with Crippen molar-refractivity contribution in [3.05, 3.63) is 24.3 Å². The Morgan fingerprint density at radius 3 is 2.80 bits per heavy atom. The highest BCUT2D eigenvalue weighted by Gasteiger charge is 2.31. The van der Waals surface area contributed by atoms with E-state index in [4.69, 9.17) is 9.47 Å². The summed E-state index contributed by atoms with van der Waals surface area (Å²) in [6.45, 7) is 2.39. The number of nitrogens with one attached hydrogen (secondary N) is 1. The van der Waals surface area contributed by atoms with Gasteiger partial charge in [-0.25, -0.2) is 0 Å². The molecule has 2 rings (SSSR count). The number of anilines is 1. The Bertz CT molecular complexity index is 405. The molecule has 0 bridgehead atoms. The normalized spacial score (nSPS) is 16.2. The van der Waals surface area contributed by atoms with Crippen LogP contribution in [0.25, 0.3) is 0 Å². The molecule has 4 nitrogen and oxygen atoms in total. The fourth-order valence-corrected chi connectivity index (χ4v) is 2.21. The highest BCUT2D eigenvalue weighted by Crippen LogP contribution is 2.34. The molecule has 1 saturated carbocycles. The van der Waals surface area contributed by atoms with Gasteiger partial charge in [0.1, 0.15) is 12.4 Å². The maximum atomic E-state index is 5.76. The summed E-state index contributed by atoms with van der Waals surface area (Å²) in [6.07, 6.45) is 2.61. The Kier molecular flexibility index (Phi) is 5.68. The summed E-state index contributed by atoms with van der Waals surface area (Å²) in [4.78, 5) is 2.11. The molecule has 1 N–H and O–H groups in total. The van der Waals surface area contributed by atoms with Crippen molar-refractivity contribution in [2.45, 2.75) is 18.9 Å². The molecule has 0 aliphatic heterocycles. The van der Waals surface area contributed by atoms with Gasteiger partial charge in [-0.3, -0.25) is 0 Å². The van der Waals surface area contributed by atoms with Crippen molar-refractivity contribution in [3.8, 4) is 5.75 Å². The highest BCUT2D eigenvalue weighted by atomic mass is 16.5. The van der Waals surface area contributed by atoms with Gasteiger partial charge in [0, 0.05) is 25.4 Å². The number of methoxy groups -OCH3 is 1. The predicted molar refractivity (Wildman–Crippen MR) is 82.5 cm³/mol. The first-order valence-electron chi connectivity index (χ1n) is 7.32. The molecule has 1 aliphatic carbocycles. The maximum Gasteiger partial charge on any atom is 0.121 e. The van der Waals surface area contributed by atoms with Crippen LogP contribution in [0.5, 0.6) is 5.75 Å². The second-order valence-corrected chi connectivity index (χ2v) is 5.72. The Morgan fingerprint density at radius 2 is 2.15 bits per heavy atom. The molecular weight excluding hydrogens is 252 g/mol. The van der Waals surface area contributed by atoms with Crippen LogP contribution >= 0.6 is 0 Å². The van der Waals surface area contributed by atoms with Crippen molar-refractivity contribution < 1.29 is 9.47 Å². The zero-order valence-electron chi connectivity index (χ0n) is 12.8. The number of ether oxygens (including phenoxy) is 2. The minimum atomic E-state index is 0.414. The summed E-state index contributed by atoms with van der Waals surface area (Å²) < 4.78 is 11.1. The average Bonchev–Trinajstić information content (AvgIpc) is 3.22. The zero-order valence-corrected chi connectivity index (χ0v) is 12.8. The van der Waals surface area contributed by atoms with Crippen LogP contribution in [0.4, 0.5) is 5.69 Å². The molecule has 112 valence electrons. The van der Waals surface area contributed by atoms with Crippen LogP contribution < -0.4 is 10.1 Å². The van der Waals surface area contributed by atoms with Gasteiger partial charge < -0.3 is 19.7 Å². The molecule has 1 aromatic rings. The van der Waals surface area contributed by atoms with Gasteiger partial charge in [-0.2, -0.15) is 0 Å². The van der Waals surface area contributed by atoms with Crippen LogP contribution in [0.3, 0.4) is 0 Å². The summed E-state index contributed by atoms with van der Waals surface area (Å²) in [5.74, 6) is 1.68. The number of rotatable bonds is 9. The number of likely N-dealkylation sites (N-methyl/N-ethyl adjacent to an activating group) is 1. The topological polar surface area (TPSA) is 33.7 Å². The standard InChI is InChI=1S/C16H26N2O2/c1-18(2)9-10-20-15-6-4-5-14(11-15)17-16(12-19-3)13-7-8-13/h4-6,11,13,16-17H,7-10,12H2,1-3H3. The van der Waals surface area contributed by atoms with Gasteiger partial charge in [0.15, 0.2) is 0 Å². The molecule has 0 spiro atoms. The molecular formula is C16H26N2O2. The van der Waals surface area contributed by atoms with E-state index < -0.39 is 0 Å². The second-order valence-electron chi connectivity index (χ2n) is 5.72. The van der Waals surface area contributed by atoms with E-state index in [1.807, 2.05) is 26.2 Å². The van der Waals surface area contributed by atoms with Gasteiger partial charge in [-0.1, -0.05) is 6.07 Å². The third kappa shape index (κ3) is 5.02. The molecule has 1 aliphatic rings. The summed E-state index contributed by atoms with van der Waals surface area (Å²) in [7, 11) is 5.86. The van der Waals surface area contributed by atoms with E-state index in [1.54, 1.807) is 7.11 Å². The van der Waals surface area contributed by atoms with Crippen LogP contribution in [0.15, 0.2) is 24.3 Å². The van der Waals surface area contributed by atoms with Crippen molar-refractivity contribution in [1.82, 2.24) is 4.90 Å². The van der Waals surface area contributed by atoms with Gasteiger partial charge in [0.05, 0.1) is 12.6 Å². The SMILES string of the molecule is COCC(Nc1cccc(OCCN(C)C)c1)C1CC1. The number of nitrogens with zero attached hydrogens (tertiary/aromatic N) is 1.